The topological polar surface area (TPSA) is 63.7 Å². The molecule has 1 aromatic heterocycles. The lowest BCUT2D eigenvalue weighted by atomic mass is 10.4. The Morgan fingerprint density at radius 2 is 2.36 bits per heavy atom. The molecular weight excluding hydrogens is 257 g/mol. The lowest BCUT2D eigenvalue weighted by Crippen LogP contribution is -2.31. The molecule has 0 spiro atoms. The van der Waals surface area contributed by atoms with E-state index in [-0.39, 0.29) is 29.7 Å². The minimum absolute atomic E-state index is 0. The largest absolute Gasteiger partial charge is 0.857 e. The second kappa shape index (κ2) is 4.22. The van der Waals surface area contributed by atoms with Crippen LogP contribution in [-0.4, -0.2) is 10.9 Å². The Kier molecular flexibility index (Phi) is 3.94. The number of aryl methyl sites for hydroxylation is 1. The Bertz CT molecular complexity index is 264. The van der Waals surface area contributed by atoms with Gasteiger partial charge in [-0.1, -0.05) is 0 Å². The second-order valence-electron chi connectivity index (χ2n) is 1.94. The minimum Gasteiger partial charge on any atom is -0.857 e. The third kappa shape index (κ3) is 2.79. The normalized spacial score (nSPS) is 8.45. The zero-order valence-electron chi connectivity index (χ0n) is 5.94. The van der Waals surface area contributed by atoms with Gasteiger partial charge in [-0.15, -0.1) is 24.0 Å². The molecule has 0 aromatic carbocycles. The summed E-state index contributed by atoms with van der Waals surface area (Å²) in [6, 6.07) is 0. The number of nitrogens with one attached hydrogen (secondary N) is 1. The lowest BCUT2D eigenvalue weighted by Gasteiger charge is -2.01. The third-order valence-electron chi connectivity index (χ3n) is 1.07. The van der Waals surface area contributed by atoms with Gasteiger partial charge < -0.3 is 10.5 Å². The van der Waals surface area contributed by atoms with Crippen LogP contribution in [0.3, 0.4) is 0 Å². The SMILES string of the molecule is C[n+]1ccnc(C(=N)[O-])c1.I. The molecule has 0 saturated carbocycles. The van der Waals surface area contributed by atoms with E-state index >= 15 is 0 Å². The van der Waals surface area contributed by atoms with Gasteiger partial charge in [-0.3, -0.25) is 0 Å². The summed E-state index contributed by atoms with van der Waals surface area (Å²) in [4.78, 5) is 3.68. The van der Waals surface area contributed by atoms with Crippen LogP contribution in [0.25, 0.3) is 0 Å². The summed E-state index contributed by atoms with van der Waals surface area (Å²) in [5.41, 5.74) is 0.171. The molecule has 0 amide bonds. The molecule has 0 aliphatic carbocycles. The van der Waals surface area contributed by atoms with E-state index in [0.29, 0.717) is 0 Å². The molecule has 0 fully saturated rings. The van der Waals surface area contributed by atoms with Crippen LogP contribution < -0.4 is 9.67 Å². The van der Waals surface area contributed by atoms with Crippen LogP contribution in [0.1, 0.15) is 5.69 Å². The van der Waals surface area contributed by atoms with Crippen LogP contribution in [-0.2, 0) is 7.05 Å². The van der Waals surface area contributed by atoms with Crippen molar-refractivity contribution in [2.45, 2.75) is 0 Å². The van der Waals surface area contributed by atoms with Gasteiger partial charge in [0.05, 0.1) is 6.20 Å². The highest BCUT2D eigenvalue weighted by atomic mass is 127. The van der Waals surface area contributed by atoms with E-state index in [9.17, 15) is 5.11 Å². The van der Waals surface area contributed by atoms with E-state index in [4.69, 9.17) is 5.41 Å². The van der Waals surface area contributed by atoms with Crippen LogP contribution in [0.2, 0.25) is 0 Å². The van der Waals surface area contributed by atoms with Crippen molar-refractivity contribution in [3.63, 3.8) is 0 Å². The fourth-order valence-corrected chi connectivity index (χ4v) is 0.605. The smallest absolute Gasteiger partial charge is 0.195 e. The van der Waals surface area contributed by atoms with E-state index in [0.717, 1.165) is 0 Å². The molecule has 1 heterocycles. The number of nitrogens with zero attached hydrogens (tertiary/aromatic N) is 2. The number of hydrogen-bond donors (Lipinski definition) is 1. The highest BCUT2D eigenvalue weighted by Gasteiger charge is 1.95. The standard InChI is InChI=1S/C6H7N3O.HI/c1-9-3-2-8-5(4-9)6(7)10;/h2-4H,1H3,(H-,7,10);1H. The molecule has 0 bridgehead atoms. The maximum atomic E-state index is 10.4. The third-order valence-corrected chi connectivity index (χ3v) is 1.07. The minimum atomic E-state index is -0.754. The average molecular weight is 265 g/mol. The molecule has 4 nitrogen and oxygen atoms in total. The van der Waals surface area contributed by atoms with E-state index in [2.05, 4.69) is 4.98 Å². The van der Waals surface area contributed by atoms with Crippen molar-refractivity contribution in [2.24, 2.45) is 7.05 Å². The fraction of sp³-hybridized carbons (Fsp3) is 0.167. The van der Waals surface area contributed by atoms with Crippen molar-refractivity contribution in [2.75, 3.05) is 0 Å². The first-order valence-corrected chi connectivity index (χ1v) is 2.77. The predicted molar refractivity (Wildman–Crippen MR) is 47.7 cm³/mol. The van der Waals surface area contributed by atoms with Gasteiger partial charge >= 0.3 is 0 Å². The van der Waals surface area contributed by atoms with Crippen LogP contribution in [0.5, 0.6) is 0 Å². The monoisotopic (exact) mass is 265 g/mol. The van der Waals surface area contributed by atoms with Gasteiger partial charge in [0, 0.05) is 5.90 Å². The molecule has 11 heavy (non-hydrogen) atoms. The zero-order valence-corrected chi connectivity index (χ0v) is 8.27. The van der Waals surface area contributed by atoms with Gasteiger partial charge in [-0.2, -0.15) is 0 Å². The van der Waals surface area contributed by atoms with Crippen molar-refractivity contribution in [3.8, 4) is 0 Å². The van der Waals surface area contributed by atoms with Gasteiger partial charge in [0.25, 0.3) is 0 Å². The van der Waals surface area contributed by atoms with E-state index in [1.165, 1.54) is 12.4 Å². The first kappa shape index (κ1) is 10.3. The summed E-state index contributed by atoms with van der Waals surface area (Å²) in [6.45, 7) is 0. The molecular formula is C6H8IN3O. The lowest BCUT2D eigenvalue weighted by molar-refractivity contribution is -0.672. The van der Waals surface area contributed by atoms with Gasteiger partial charge in [0.1, 0.15) is 12.7 Å². The van der Waals surface area contributed by atoms with Crippen molar-refractivity contribution in [1.29, 1.82) is 5.41 Å². The molecule has 60 valence electrons. The van der Waals surface area contributed by atoms with E-state index in [1.807, 2.05) is 0 Å². The molecule has 0 aliphatic rings. The summed E-state index contributed by atoms with van der Waals surface area (Å²) in [6.07, 6.45) is 4.70. The fourth-order valence-electron chi connectivity index (χ4n) is 0.605. The number of halogens is 1. The van der Waals surface area contributed by atoms with Crippen LogP contribution in [0.4, 0.5) is 0 Å². The highest BCUT2D eigenvalue weighted by molar-refractivity contribution is 14.0. The highest BCUT2D eigenvalue weighted by Crippen LogP contribution is 1.83. The van der Waals surface area contributed by atoms with E-state index < -0.39 is 5.90 Å². The summed E-state index contributed by atoms with van der Waals surface area (Å²) >= 11 is 0. The Hall–Kier alpha value is -0.720. The van der Waals surface area contributed by atoms with Crippen LogP contribution in [0, 0.1) is 5.41 Å². The number of rotatable bonds is 1. The Labute approximate surface area is 81.4 Å². The summed E-state index contributed by atoms with van der Waals surface area (Å²) in [7, 11) is 1.77. The predicted octanol–water partition coefficient (Wildman–Crippen LogP) is -0.790. The maximum absolute atomic E-state index is 10.4. The van der Waals surface area contributed by atoms with Crippen molar-refractivity contribution >= 4 is 29.9 Å². The average Bonchev–Trinajstić information content (AvgIpc) is 1.88. The van der Waals surface area contributed by atoms with Crippen molar-refractivity contribution in [1.82, 2.24) is 4.98 Å². The summed E-state index contributed by atoms with van der Waals surface area (Å²) < 4.78 is 1.68. The molecule has 1 rings (SSSR count). The van der Waals surface area contributed by atoms with Crippen molar-refractivity contribution < 1.29 is 9.67 Å². The first-order valence-electron chi connectivity index (χ1n) is 2.77. The molecule has 1 aromatic rings. The van der Waals surface area contributed by atoms with E-state index in [1.54, 1.807) is 17.8 Å². The second-order valence-corrected chi connectivity index (χ2v) is 1.94. The summed E-state index contributed by atoms with van der Waals surface area (Å²) in [5.74, 6) is -0.754. The quantitative estimate of drug-likeness (QED) is 0.313. The zero-order chi connectivity index (χ0) is 7.56. The summed E-state index contributed by atoms with van der Waals surface area (Å²) in [5, 5.41) is 17.1. The Morgan fingerprint density at radius 3 is 2.73 bits per heavy atom. The Morgan fingerprint density at radius 1 is 1.73 bits per heavy atom. The van der Waals surface area contributed by atoms with Gasteiger partial charge in [-0.25, -0.2) is 9.55 Å². The van der Waals surface area contributed by atoms with Gasteiger partial charge in [-0.05, 0) is 0 Å². The first-order chi connectivity index (χ1) is 4.70. The molecule has 0 radical (unpaired) electrons. The number of aromatic nitrogens is 2. The van der Waals surface area contributed by atoms with Crippen LogP contribution in [0.15, 0.2) is 18.6 Å². The van der Waals surface area contributed by atoms with Crippen molar-refractivity contribution in [3.05, 3.63) is 24.3 Å². The van der Waals surface area contributed by atoms with Crippen LogP contribution >= 0.6 is 24.0 Å². The molecule has 1 N–H and O–H groups in total. The van der Waals surface area contributed by atoms with Gasteiger partial charge in [0.2, 0.25) is 0 Å². The molecule has 0 aliphatic heterocycles. The molecule has 0 saturated heterocycles. The molecule has 0 atom stereocenters. The van der Waals surface area contributed by atoms with Gasteiger partial charge in [0.15, 0.2) is 12.4 Å². The number of hydrogen-bond acceptors (Lipinski definition) is 3. The Balaban J connectivity index is 0.000001000. The molecule has 5 heteroatoms. The molecule has 0 unspecified atom stereocenters. The maximum Gasteiger partial charge on any atom is 0.195 e.